The molecular formula is C25H25ClN3NaO2S. The van der Waals surface area contributed by atoms with Crippen LogP contribution < -0.4 is 45.4 Å². The number of nitrogens with one attached hydrogen (secondary N) is 2. The molecule has 0 aliphatic heterocycles. The Morgan fingerprint density at radius 1 is 1.12 bits per heavy atom. The smallest absolute Gasteiger partial charge is 0.545 e. The first-order valence-corrected chi connectivity index (χ1v) is 11.2. The Labute approximate surface area is 227 Å². The second kappa shape index (κ2) is 13.1. The normalized spacial score (nSPS) is 10.9. The minimum absolute atomic E-state index is 0. The van der Waals surface area contributed by atoms with Crippen LogP contribution in [0.25, 0.3) is 11.1 Å². The predicted octanol–water partition coefficient (Wildman–Crippen LogP) is 2.23. The quantitative estimate of drug-likeness (QED) is 0.167. The molecule has 2 aliphatic rings. The zero-order valence-electron chi connectivity index (χ0n) is 19.0. The molecule has 5 nitrogen and oxygen atoms in total. The molecule has 1 aromatic carbocycles. The molecule has 0 saturated heterocycles. The Morgan fingerprint density at radius 2 is 1.79 bits per heavy atom. The summed E-state index contributed by atoms with van der Waals surface area (Å²) in [5, 5.41) is 19.8. The molecular weight excluding hydrogens is 465 g/mol. The topological polar surface area (TPSA) is 76.5 Å². The van der Waals surface area contributed by atoms with Gasteiger partial charge in [0.2, 0.25) is 0 Å². The fourth-order valence-corrected chi connectivity index (χ4v) is 3.74. The number of rotatable bonds is 8. The van der Waals surface area contributed by atoms with E-state index >= 15 is 0 Å². The number of hydrogen-bond donors (Lipinski definition) is 2. The van der Waals surface area contributed by atoms with Gasteiger partial charge in [-0.25, -0.2) is 0 Å². The van der Waals surface area contributed by atoms with E-state index in [1.807, 2.05) is 30.3 Å². The van der Waals surface area contributed by atoms with Gasteiger partial charge < -0.3 is 15.2 Å². The van der Waals surface area contributed by atoms with Gasteiger partial charge in [0.05, 0.1) is 5.97 Å². The molecule has 1 aromatic rings. The number of carbonyl (C=O) groups is 1. The number of carboxylic acid groups (broad SMARTS) is 1. The molecule has 0 amide bonds. The van der Waals surface area contributed by atoms with Crippen LogP contribution in [-0.4, -0.2) is 17.3 Å². The molecule has 0 bridgehead atoms. The van der Waals surface area contributed by atoms with Crippen LogP contribution in [0.3, 0.4) is 0 Å². The zero-order valence-corrected chi connectivity index (χ0v) is 22.6. The van der Waals surface area contributed by atoms with Crippen LogP contribution in [0.5, 0.6) is 0 Å². The summed E-state index contributed by atoms with van der Waals surface area (Å²) in [7, 11) is 0. The number of halogens is 1. The first-order chi connectivity index (χ1) is 15.3. The Morgan fingerprint density at radius 3 is 2.42 bits per heavy atom. The number of hydrazone groups is 1. The van der Waals surface area contributed by atoms with E-state index in [4.69, 9.17) is 23.8 Å². The first kappa shape index (κ1) is 27.3. The molecule has 0 radical (unpaired) electrons. The van der Waals surface area contributed by atoms with Crippen molar-refractivity contribution in [2.24, 2.45) is 5.10 Å². The van der Waals surface area contributed by atoms with E-state index < -0.39 is 5.97 Å². The monoisotopic (exact) mass is 489 g/mol. The van der Waals surface area contributed by atoms with E-state index in [2.05, 4.69) is 35.8 Å². The van der Waals surface area contributed by atoms with Crippen molar-refractivity contribution in [3.8, 4) is 11.1 Å². The number of benzene rings is 1. The summed E-state index contributed by atoms with van der Waals surface area (Å²) in [6, 6.07) is 16.9. The summed E-state index contributed by atoms with van der Waals surface area (Å²) in [6.07, 6.45) is 4.05. The number of aryl methyl sites for hydroxylation is 1. The van der Waals surface area contributed by atoms with Crippen molar-refractivity contribution >= 4 is 46.8 Å². The van der Waals surface area contributed by atoms with Crippen molar-refractivity contribution < 1.29 is 39.5 Å². The van der Waals surface area contributed by atoms with E-state index in [1.165, 1.54) is 0 Å². The van der Waals surface area contributed by atoms with Crippen LogP contribution >= 0.6 is 23.8 Å². The van der Waals surface area contributed by atoms with E-state index in [-0.39, 0.29) is 35.1 Å². The van der Waals surface area contributed by atoms with Gasteiger partial charge in [-0.2, -0.15) is 5.10 Å². The van der Waals surface area contributed by atoms with Crippen molar-refractivity contribution in [3.05, 3.63) is 76.3 Å². The summed E-state index contributed by atoms with van der Waals surface area (Å²) in [5.74, 6) is -0.781. The molecule has 3 rings (SSSR count). The summed E-state index contributed by atoms with van der Waals surface area (Å²) >= 11 is 11.1. The molecule has 0 atom stereocenters. The number of hydrogen-bond acceptors (Lipinski definition) is 4. The van der Waals surface area contributed by atoms with Gasteiger partial charge in [0.15, 0.2) is 5.11 Å². The number of carboxylic acids is 1. The van der Waals surface area contributed by atoms with E-state index in [0.717, 1.165) is 47.2 Å². The maximum absolute atomic E-state index is 11.6. The van der Waals surface area contributed by atoms with Gasteiger partial charge in [-0.3, -0.25) is 5.43 Å². The molecule has 8 heteroatoms. The Bertz CT molecular complexity index is 1100. The van der Waals surface area contributed by atoms with Gasteiger partial charge in [-0.1, -0.05) is 49.7 Å². The maximum Gasteiger partial charge on any atom is 1.00 e. The molecule has 33 heavy (non-hydrogen) atoms. The second-order valence-corrected chi connectivity index (χ2v) is 8.64. The molecule has 0 unspecified atom stereocenters. The molecule has 0 fully saturated rings. The number of fused-ring (bicyclic) bond motifs is 1. The summed E-state index contributed by atoms with van der Waals surface area (Å²) in [6.45, 7) is 4.23. The van der Waals surface area contributed by atoms with Gasteiger partial charge in [-0.05, 0) is 90.0 Å². The summed E-state index contributed by atoms with van der Waals surface area (Å²) in [5.41, 5.74) is 7.70. The summed E-state index contributed by atoms with van der Waals surface area (Å²) < 4.78 is 0. The van der Waals surface area contributed by atoms with Gasteiger partial charge >= 0.3 is 29.6 Å². The predicted molar refractivity (Wildman–Crippen MR) is 134 cm³/mol. The van der Waals surface area contributed by atoms with E-state index in [0.29, 0.717) is 16.1 Å². The number of unbranched alkanes of at least 4 members (excludes halogenated alkanes) is 1. The molecule has 2 N–H and O–H groups in total. The minimum Gasteiger partial charge on any atom is -0.545 e. The van der Waals surface area contributed by atoms with Crippen LogP contribution in [0.1, 0.15) is 54.1 Å². The fraction of sp³-hybridized carbons (Fsp3) is 0.240. The number of nitrogens with zero attached hydrogens (tertiary/aromatic N) is 1. The number of carbonyl (C=O) groups excluding carboxylic acids is 1. The average Bonchev–Trinajstić information content (AvgIpc) is 2.94. The van der Waals surface area contributed by atoms with Gasteiger partial charge in [-0.15, -0.1) is 0 Å². The average molecular weight is 490 g/mol. The van der Waals surface area contributed by atoms with E-state index in [1.54, 1.807) is 24.4 Å². The second-order valence-electron chi connectivity index (χ2n) is 7.80. The Balaban J connectivity index is 0.00000385. The molecule has 0 saturated carbocycles. The largest absolute Gasteiger partial charge is 1.00 e. The fourth-order valence-electron chi connectivity index (χ4n) is 3.44. The van der Waals surface area contributed by atoms with Gasteiger partial charge in [0.25, 0.3) is 0 Å². The first-order valence-electron chi connectivity index (χ1n) is 10.5. The number of aromatic carboxylic acids is 1. The molecule has 166 valence electrons. The standard InChI is InChI=1S/C25H26ClN3O2S.Na/c1-16(2)17-6-12-21-18(15-23(24(30)31)22(21)13-7-17)5-3-4-14-27-29-25(32)28-20-10-8-19(26)9-11-20;/h6-16H,3-5H2,1-2H3,(H,30,31)(H2,28,29,32);/q;+1/p-1. The molecule has 0 aromatic heterocycles. The Kier molecular flexibility index (Phi) is 10.8. The summed E-state index contributed by atoms with van der Waals surface area (Å²) in [4.78, 5) is 11.6. The van der Waals surface area contributed by atoms with Crippen molar-refractivity contribution in [2.75, 3.05) is 5.32 Å². The van der Waals surface area contributed by atoms with Crippen LogP contribution in [0, 0.1) is 0 Å². The third-order valence-corrected chi connectivity index (χ3v) is 5.60. The van der Waals surface area contributed by atoms with Crippen LogP contribution in [-0.2, 0) is 6.42 Å². The number of anilines is 1. The SMILES string of the molecule is CC(C)c1ccc2c(CCCC=NNC(=S)Nc3ccc(Cl)cc3)cc(C(=O)[O-])c-2cc1.[Na+]. The Hall–Kier alpha value is -1.96. The van der Waals surface area contributed by atoms with Crippen LogP contribution in [0.4, 0.5) is 5.69 Å². The van der Waals surface area contributed by atoms with Crippen molar-refractivity contribution in [1.29, 1.82) is 0 Å². The maximum atomic E-state index is 11.6. The molecule has 0 spiro atoms. The zero-order chi connectivity index (χ0) is 23.1. The van der Waals surface area contributed by atoms with Crippen molar-refractivity contribution in [1.82, 2.24) is 5.43 Å². The third kappa shape index (κ3) is 7.80. The minimum atomic E-state index is -1.15. The van der Waals surface area contributed by atoms with Crippen molar-refractivity contribution in [3.63, 3.8) is 0 Å². The van der Waals surface area contributed by atoms with Gasteiger partial charge in [0, 0.05) is 22.5 Å². The van der Waals surface area contributed by atoms with Crippen LogP contribution in [0.2, 0.25) is 5.02 Å². The van der Waals surface area contributed by atoms with Crippen molar-refractivity contribution in [2.45, 2.75) is 39.0 Å². The van der Waals surface area contributed by atoms with E-state index in [9.17, 15) is 9.90 Å². The van der Waals surface area contributed by atoms with Crippen LogP contribution in [0.15, 0.2) is 59.7 Å². The number of thiocarbonyl (C=S) groups is 1. The third-order valence-electron chi connectivity index (χ3n) is 5.16. The van der Waals surface area contributed by atoms with Gasteiger partial charge in [0.1, 0.15) is 0 Å². The molecule has 2 aliphatic carbocycles. The molecule has 0 heterocycles.